The minimum atomic E-state index is -0.574. The second-order valence-corrected chi connectivity index (χ2v) is 7.22. The van der Waals surface area contributed by atoms with Crippen molar-refractivity contribution in [2.24, 2.45) is 0 Å². The van der Waals surface area contributed by atoms with Crippen molar-refractivity contribution in [3.8, 4) is 0 Å². The van der Waals surface area contributed by atoms with Gasteiger partial charge in [0.05, 0.1) is 5.52 Å². The first kappa shape index (κ1) is 19.0. The summed E-state index contributed by atoms with van der Waals surface area (Å²) in [6.07, 6.45) is 0. The normalized spacial score (nSPS) is 10.9. The summed E-state index contributed by atoms with van der Waals surface area (Å²) in [4.78, 5) is 27.2. The lowest BCUT2D eigenvalue weighted by Gasteiger charge is -2.23. The zero-order chi connectivity index (χ0) is 20.2. The van der Waals surface area contributed by atoms with Crippen LogP contribution in [0.1, 0.15) is 11.1 Å². The van der Waals surface area contributed by atoms with E-state index in [1.54, 1.807) is 23.1 Å². The van der Waals surface area contributed by atoms with Gasteiger partial charge in [-0.2, -0.15) is 0 Å². The van der Waals surface area contributed by atoms with Gasteiger partial charge in [-0.15, -0.1) is 0 Å². The summed E-state index contributed by atoms with van der Waals surface area (Å²) in [6, 6.07) is 24.5. The fourth-order valence-electron chi connectivity index (χ4n) is 3.27. The average Bonchev–Trinajstić information content (AvgIpc) is 3.03. The third-order valence-electron chi connectivity index (χ3n) is 4.71. The lowest BCUT2D eigenvalue weighted by molar-refractivity contribution is -0.133. The van der Waals surface area contributed by atoms with Gasteiger partial charge in [-0.05, 0) is 23.3 Å². The molecule has 0 radical (unpaired) electrons. The van der Waals surface area contributed by atoms with Crippen LogP contribution in [-0.2, 0) is 24.4 Å². The van der Waals surface area contributed by atoms with Gasteiger partial charge < -0.3 is 9.32 Å². The van der Waals surface area contributed by atoms with Crippen LogP contribution in [-0.4, -0.2) is 15.4 Å². The maximum Gasteiger partial charge on any atom is 0.420 e. The van der Waals surface area contributed by atoms with Crippen molar-refractivity contribution in [2.45, 2.75) is 19.6 Å². The molecular formula is C23H19ClN2O3. The van der Waals surface area contributed by atoms with Crippen molar-refractivity contribution in [1.29, 1.82) is 0 Å². The highest BCUT2D eigenvalue weighted by molar-refractivity contribution is 6.31. The number of nitrogens with zero attached hydrogens (tertiary/aromatic N) is 2. The van der Waals surface area contributed by atoms with E-state index in [0.29, 0.717) is 29.2 Å². The van der Waals surface area contributed by atoms with Gasteiger partial charge in [0.2, 0.25) is 5.91 Å². The lowest BCUT2D eigenvalue weighted by atomic mass is 10.1. The van der Waals surface area contributed by atoms with E-state index in [1.807, 2.05) is 60.7 Å². The first-order valence-corrected chi connectivity index (χ1v) is 9.62. The molecule has 0 saturated heterocycles. The number of rotatable bonds is 6. The maximum atomic E-state index is 13.2. The Bertz CT molecular complexity index is 1140. The number of aromatic nitrogens is 1. The van der Waals surface area contributed by atoms with Gasteiger partial charge in [0.15, 0.2) is 5.58 Å². The highest BCUT2D eigenvalue weighted by Gasteiger charge is 2.19. The largest absolute Gasteiger partial charge is 0.420 e. The molecule has 0 fully saturated rings. The molecule has 1 heterocycles. The van der Waals surface area contributed by atoms with Gasteiger partial charge in [-0.1, -0.05) is 72.3 Å². The summed E-state index contributed by atoms with van der Waals surface area (Å²) in [6.45, 7) is 0.795. The number of benzene rings is 3. The summed E-state index contributed by atoms with van der Waals surface area (Å²) >= 11 is 5.97. The van der Waals surface area contributed by atoms with Crippen LogP contribution in [0.25, 0.3) is 11.1 Å². The molecule has 146 valence electrons. The first-order chi connectivity index (χ1) is 14.1. The Labute approximate surface area is 172 Å². The molecule has 0 atom stereocenters. The maximum absolute atomic E-state index is 13.2. The number of hydrogen-bond acceptors (Lipinski definition) is 3. The highest BCUT2D eigenvalue weighted by Crippen LogP contribution is 2.19. The Kier molecular flexibility index (Phi) is 5.49. The number of halogens is 1. The average molecular weight is 407 g/mol. The number of amides is 1. The molecule has 4 aromatic rings. The standard InChI is InChI=1S/C23H19ClN2O3/c24-19-11-12-20-21(13-19)29-23(28)26(20)16-22(27)25(14-17-7-3-1-4-8-17)15-18-9-5-2-6-10-18/h1-13H,14-16H2. The van der Waals surface area contributed by atoms with Crippen LogP contribution >= 0.6 is 11.6 Å². The van der Waals surface area contributed by atoms with Crippen LogP contribution < -0.4 is 5.76 Å². The van der Waals surface area contributed by atoms with Gasteiger partial charge in [-0.25, -0.2) is 4.79 Å². The molecule has 4 rings (SSSR count). The third kappa shape index (κ3) is 4.41. The Morgan fingerprint density at radius 3 is 2.07 bits per heavy atom. The minimum absolute atomic E-state index is 0.104. The quantitative estimate of drug-likeness (QED) is 0.474. The molecule has 0 spiro atoms. The minimum Gasteiger partial charge on any atom is -0.408 e. The predicted octanol–water partition coefficient (Wildman–Crippen LogP) is 4.48. The van der Waals surface area contributed by atoms with Crippen molar-refractivity contribution in [3.63, 3.8) is 0 Å². The third-order valence-corrected chi connectivity index (χ3v) is 4.94. The SMILES string of the molecule is O=C(Cn1c(=O)oc2cc(Cl)ccc21)N(Cc1ccccc1)Cc1ccccc1. The molecular weight excluding hydrogens is 388 g/mol. The van der Waals surface area contributed by atoms with Gasteiger partial charge in [-0.3, -0.25) is 9.36 Å². The van der Waals surface area contributed by atoms with E-state index < -0.39 is 5.76 Å². The molecule has 0 bridgehead atoms. The fourth-order valence-corrected chi connectivity index (χ4v) is 3.43. The number of carbonyl (C=O) groups is 1. The van der Waals surface area contributed by atoms with E-state index in [-0.39, 0.29) is 12.5 Å². The number of fused-ring (bicyclic) bond motifs is 1. The summed E-state index contributed by atoms with van der Waals surface area (Å²) in [5, 5.41) is 0.472. The molecule has 5 nitrogen and oxygen atoms in total. The van der Waals surface area contributed by atoms with Gasteiger partial charge >= 0.3 is 5.76 Å². The van der Waals surface area contributed by atoms with Crippen molar-refractivity contribution in [2.75, 3.05) is 0 Å². The van der Waals surface area contributed by atoms with Gasteiger partial charge in [0, 0.05) is 24.2 Å². The number of hydrogen-bond donors (Lipinski definition) is 0. The smallest absolute Gasteiger partial charge is 0.408 e. The van der Waals surface area contributed by atoms with Crippen molar-refractivity contribution >= 4 is 28.6 Å². The number of oxazole rings is 1. The fraction of sp³-hybridized carbons (Fsp3) is 0.130. The molecule has 29 heavy (non-hydrogen) atoms. The second kappa shape index (κ2) is 8.37. The Morgan fingerprint density at radius 2 is 1.48 bits per heavy atom. The van der Waals surface area contributed by atoms with Gasteiger partial charge in [0.25, 0.3) is 0 Å². The highest BCUT2D eigenvalue weighted by atomic mass is 35.5. The van der Waals surface area contributed by atoms with Crippen LogP contribution in [0, 0.1) is 0 Å². The zero-order valence-corrected chi connectivity index (χ0v) is 16.4. The van der Waals surface area contributed by atoms with Crippen LogP contribution in [0.4, 0.5) is 0 Å². The monoisotopic (exact) mass is 406 g/mol. The van der Waals surface area contributed by atoms with E-state index in [9.17, 15) is 9.59 Å². The predicted molar refractivity (Wildman–Crippen MR) is 113 cm³/mol. The van der Waals surface area contributed by atoms with Crippen molar-refractivity contribution in [1.82, 2.24) is 9.47 Å². The molecule has 6 heteroatoms. The summed E-state index contributed by atoms with van der Waals surface area (Å²) in [7, 11) is 0. The van der Waals surface area contributed by atoms with Crippen molar-refractivity contribution in [3.05, 3.63) is 106 Å². The second-order valence-electron chi connectivity index (χ2n) is 6.79. The van der Waals surface area contributed by atoms with Crippen LogP contribution in [0.2, 0.25) is 5.02 Å². The molecule has 0 saturated carbocycles. The first-order valence-electron chi connectivity index (χ1n) is 9.25. The summed E-state index contributed by atoms with van der Waals surface area (Å²) < 4.78 is 6.59. The Balaban J connectivity index is 1.62. The van der Waals surface area contributed by atoms with E-state index >= 15 is 0 Å². The summed E-state index contributed by atoms with van der Waals surface area (Å²) in [5.74, 6) is -0.743. The molecule has 1 aromatic heterocycles. The van der Waals surface area contributed by atoms with Crippen LogP contribution in [0.3, 0.4) is 0 Å². The molecule has 0 aliphatic heterocycles. The lowest BCUT2D eigenvalue weighted by Crippen LogP contribution is -2.35. The molecule has 1 amide bonds. The van der Waals surface area contributed by atoms with E-state index in [2.05, 4.69) is 0 Å². The van der Waals surface area contributed by atoms with Gasteiger partial charge in [0.1, 0.15) is 6.54 Å². The Hall–Kier alpha value is -3.31. The molecule has 0 aliphatic rings. The summed E-state index contributed by atoms with van der Waals surface area (Å²) in [5.41, 5.74) is 2.96. The van der Waals surface area contributed by atoms with E-state index in [4.69, 9.17) is 16.0 Å². The van der Waals surface area contributed by atoms with Crippen molar-refractivity contribution < 1.29 is 9.21 Å². The molecule has 3 aromatic carbocycles. The molecule has 0 aliphatic carbocycles. The van der Waals surface area contributed by atoms with Crippen LogP contribution in [0.15, 0.2) is 88.1 Å². The van der Waals surface area contributed by atoms with E-state index in [0.717, 1.165) is 11.1 Å². The molecule has 0 unspecified atom stereocenters. The topological polar surface area (TPSA) is 55.5 Å². The number of carbonyl (C=O) groups excluding carboxylic acids is 1. The zero-order valence-electron chi connectivity index (χ0n) is 15.6. The molecule has 0 N–H and O–H groups in total. The van der Waals surface area contributed by atoms with E-state index in [1.165, 1.54) is 4.57 Å². The Morgan fingerprint density at radius 1 is 0.897 bits per heavy atom. The van der Waals surface area contributed by atoms with Crippen LogP contribution in [0.5, 0.6) is 0 Å².